The van der Waals surface area contributed by atoms with E-state index in [1.165, 1.54) is 0 Å². The predicted molar refractivity (Wildman–Crippen MR) is 117 cm³/mol. The number of halogens is 1. The molecular weight excluding hydrogens is 434 g/mol. The van der Waals surface area contributed by atoms with Crippen molar-refractivity contribution in [2.45, 2.75) is 26.2 Å². The highest BCUT2D eigenvalue weighted by atomic mass is 79.9. The molecule has 1 atom stereocenters. The van der Waals surface area contributed by atoms with E-state index in [0.717, 1.165) is 17.3 Å². The summed E-state index contributed by atoms with van der Waals surface area (Å²) in [6.45, 7) is 3.26. The van der Waals surface area contributed by atoms with Crippen LogP contribution in [0.3, 0.4) is 0 Å². The number of hydrogen-bond donors (Lipinski definition) is 2. The standard InChI is InChI=1S/C22H24BrN3O3/c1-2-3-11-26-14-16(12-20(26)27)22(29)24-18-9-7-15(8-10-18)21(28)25-19-6-4-5-17(23)13-19/h4-10,13,16H,2-3,11-12,14H2,1H3,(H,24,29)(H,25,28)/t16-/m0/s1. The third kappa shape index (κ3) is 5.67. The molecule has 1 fully saturated rings. The summed E-state index contributed by atoms with van der Waals surface area (Å²) in [6.07, 6.45) is 2.22. The molecule has 0 aromatic heterocycles. The molecule has 6 nitrogen and oxygen atoms in total. The van der Waals surface area contributed by atoms with Crippen LogP contribution >= 0.6 is 15.9 Å². The minimum atomic E-state index is -0.334. The molecule has 0 bridgehead atoms. The Balaban J connectivity index is 1.55. The second kappa shape index (κ2) is 9.69. The Morgan fingerprint density at radius 3 is 2.55 bits per heavy atom. The van der Waals surface area contributed by atoms with Gasteiger partial charge in [0.25, 0.3) is 5.91 Å². The normalized spacial score (nSPS) is 16.0. The number of benzene rings is 2. The van der Waals surface area contributed by atoms with Crippen LogP contribution in [0.4, 0.5) is 11.4 Å². The lowest BCUT2D eigenvalue weighted by Crippen LogP contribution is -2.29. The number of unbranched alkanes of at least 4 members (excludes halogenated alkanes) is 1. The Morgan fingerprint density at radius 1 is 1.10 bits per heavy atom. The molecule has 0 spiro atoms. The monoisotopic (exact) mass is 457 g/mol. The number of likely N-dealkylation sites (tertiary alicyclic amines) is 1. The molecule has 2 N–H and O–H groups in total. The molecule has 1 aliphatic heterocycles. The molecule has 1 heterocycles. The lowest BCUT2D eigenvalue weighted by Gasteiger charge is -2.16. The fourth-order valence-electron chi connectivity index (χ4n) is 3.23. The molecule has 0 radical (unpaired) electrons. The van der Waals surface area contributed by atoms with Crippen LogP contribution < -0.4 is 10.6 Å². The van der Waals surface area contributed by atoms with Gasteiger partial charge in [0.1, 0.15) is 0 Å². The van der Waals surface area contributed by atoms with E-state index in [-0.39, 0.29) is 30.1 Å². The summed E-state index contributed by atoms with van der Waals surface area (Å²) < 4.78 is 0.881. The smallest absolute Gasteiger partial charge is 0.255 e. The number of carbonyl (C=O) groups excluding carboxylic acids is 3. The molecule has 3 amide bonds. The van der Waals surface area contributed by atoms with E-state index in [9.17, 15) is 14.4 Å². The average Bonchev–Trinajstić information content (AvgIpc) is 3.07. The minimum absolute atomic E-state index is 0.0400. The maximum Gasteiger partial charge on any atom is 0.255 e. The first-order chi connectivity index (χ1) is 14.0. The van der Waals surface area contributed by atoms with Crippen LogP contribution in [0.2, 0.25) is 0 Å². The molecule has 1 saturated heterocycles. The van der Waals surface area contributed by atoms with Gasteiger partial charge >= 0.3 is 0 Å². The van der Waals surface area contributed by atoms with Gasteiger partial charge in [-0.1, -0.05) is 35.3 Å². The summed E-state index contributed by atoms with van der Waals surface area (Å²) in [6, 6.07) is 14.1. The van der Waals surface area contributed by atoms with E-state index in [2.05, 4.69) is 33.5 Å². The number of carbonyl (C=O) groups is 3. The maximum absolute atomic E-state index is 12.5. The SMILES string of the molecule is CCCCN1C[C@@H](C(=O)Nc2ccc(C(=O)Nc3cccc(Br)c3)cc2)CC1=O. The summed E-state index contributed by atoms with van der Waals surface area (Å²) in [5.74, 6) is -0.686. The Kier molecular flexibility index (Phi) is 7.04. The second-order valence-electron chi connectivity index (χ2n) is 7.13. The largest absolute Gasteiger partial charge is 0.342 e. The number of nitrogens with one attached hydrogen (secondary N) is 2. The Bertz CT molecular complexity index is 898. The summed E-state index contributed by atoms with van der Waals surface area (Å²) >= 11 is 3.37. The van der Waals surface area contributed by atoms with Crippen molar-refractivity contribution in [1.29, 1.82) is 0 Å². The zero-order valence-corrected chi connectivity index (χ0v) is 17.9. The molecule has 29 heavy (non-hydrogen) atoms. The van der Waals surface area contributed by atoms with Crippen molar-refractivity contribution < 1.29 is 14.4 Å². The Morgan fingerprint density at radius 2 is 1.86 bits per heavy atom. The van der Waals surface area contributed by atoms with Gasteiger partial charge < -0.3 is 15.5 Å². The second-order valence-corrected chi connectivity index (χ2v) is 8.04. The van der Waals surface area contributed by atoms with E-state index in [0.29, 0.717) is 30.0 Å². The van der Waals surface area contributed by atoms with Gasteiger partial charge in [0.05, 0.1) is 5.92 Å². The number of anilines is 2. The molecule has 7 heteroatoms. The Labute approximate surface area is 178 Å². The van der Waals surface area contributed by atoms with Crippen LogP contribution in [-0.2, 0) is 9.59 Å². The maximum atomic E-state index is 12.5. The summed E-state index contributed by atoms with van der Waals surface area (Å²) in [7, 11) is 0. The van der Waals surface area contributed by atoms with E-state index < -0.39 is 0 Å². The summed E-state index contributed by atoms with van der Waals surface area (Å²) in [5.41, 5.74) is 1.79. The lowest BCUT2D eigenvalue weighted by atomic mass is 10.1. The highest BCUT2D eigenvalue weighted by molar-refractivity contribution is 9.10. The van der Waals surface area contributed by atoms with E-state index in [4.69, 9.17) is 0 Å². The van der Waals surface area contributed by atoms with Gasteiger partial charge in [0.2, 0.25) is 11.8 Å². The topological polar surface area (TPSA) is 78.5 Å². The predicted octanol–water partition coefficient (Wildman–Crippen LogP) is 4.29. The van der Waals surface area contributed by atoms with Gasteiger partial charge in [-0.05, 0) is 48.9 Å². The average molecular weight is 458 g/mol. The van der Waals surface area contributed by atoms with Crippen molar-refractivity contribution in [2.24, 2.45) is 5.92 Å². The van der Waals surface area contributed by atoms with Crippen LogP contribution in [0.15, 0.2) is 53.0 Å². The van der Waals surface area contributed by atoms with Gasteiger partial charge in [0.15, 0.2) is 0 Å². The van der Waals surface area contributed by atoms with E-state index in [1.807, 2.05) is 24.3 Å². The van der Waals surface area contributed by atoms with Crippen LogP contribution in [0, 0.1) is 5.92 Å². The first-order valence-electron chi connectivity index (χ1n) is 9.72. The third-order valence-electron chi connectivity index (χ3n) is 4.86. The highest BCUT2D eigenvalue weighted by Crippen LogP contribution is 2.21. The number of nitrogens with zero attached hydrogens (tertiary/aromatic N) is 1. The van der Waals surface area contributed by atoms with Gasteiger partial charge in [-0.25, -0.2) is 0 Å². The van der Waals surface area contributed by atoms with E-state index >= 15 is 0 Å². The summed E-state index contributed by atoms with van der Waals surface area (Å²) in [5, 5.41) is 5.68. The van der Waals surface area contributed by atoms with Gasteiger partial charge in [-0.15, -0.1) is 0 Å². The molecular formula is C22H24BrN3O3. The summed E-state index contributed by atoms with van der Waals surface area (Å²) in [4.78, 5) is 38.7. The van der Waals surface area contributed by atoms with Crippen LogP contribution in [0.25, 0.3) is 0 Å². The number of hydrogen-bond acceptors (Lipinski definition) is 3. The molecule has 0 unspecified atom stereocenters. The zero-order chi connectivity index (χ0) is 20.8. The van der Waals surface area contributed by atoms with Gasteiger partial charge in [0, 0.05) is 40.9 Å². The first-order valence-corrected chi connectivity index (χ1v) is 10.5. The van der Waals surface area contributed by atoms with Crippen LogP contribution in [-0.4, -0.2) is 35.7 Å². The first kappa shape index (κ1) is 21.0. The fraction of sp³-hybridized carbons (Fsp3) is 0.318. The molecule has 0 aliphatic carbocycles. The van der Waals surface area contributed by atoms with Gasteiger partial charge in [-0.2, -0.15) is 0 Å². The molecule has 2 aromatic carbocycles. The minimum Gasteiger partial charge on any atom is -0.342 e. The van der Waals surface area contributed by atoms with Crippen molar-refractivity contribution in [3.05, 3.63) is 58.6 Å². The van der Waals surface area contributed by atoms with Crippen molar-refractivity contribution in [3.8, 4) is 0 Å². The third-order valence-corrected chi connectivity index (χ3v) is 5.36. The molecule has 0 saturated carbocycles. The molecule has 3 rings (SSSR count). The fourth-order valence-corrected chi connectivity index (χ4v) is 3.63. The van der Waals surface area contributed by atoms with Crippen molar-refractivity contribution in [3.63, 3.8) is 0 Å². The molecule has 152 valence electrons. The molecule has 1 aliphatic rings. The quantitative estimate of drug-likeness (QED) is 0.650. The lowest BCUT2D eigenvalue weighted by molar-refractivity contribution is -0.128. The van der Waals surface area contributed by atoms with Gasteiger partial charge in [-0.3, -0.25) is 14.4 Å². The van der Waals surface area contributed by atoms with Crippen molar-refractivity contribution >= 4 is 45.0 Å². The Hall–Kier alpha value is -2.67. The number of amides is 3. The van der Waals surface area contributed by atoms with Crippen molar-refractivity contribution in [1.82, 2.24) is 4.90 Å². The van der Waals surface area contributed by atoms with Crippen LogP contribution in [0.1, 0.15) is 36.5 Å². The number of rotatable bonds is 7. The van der Waals surface area contributed by atoms with E-state index in [1.54, 1.807) is 29.2 Å². The zero-order valence-electron chi connectivity index (χ0n) is 16.3. The van der Waals surface area contributed by atoms with Crippen LogP contribution in [0.5, 0.6) is 0 Å². The molecule has 2 aromatic rings. The highest BCUT2D eigenvalue weighted by Gasteiger charge is 2.33. The van der Waals surface area contributed by atoms with Crippen molar-refractivity contribution in [2.75, 3.05) is 23.7 Å².